The molecule has 0 unspecified atom stereocenters. The van der Waals surface area contributed by atoms with Gasteiger partial charge >= 0.3 is 0 Å². The zero-order valence-electron chi connectivity index (χ0n) is 30.7. The van der Waals surface area contributed by atoms with Crippen LogP contribution < -0.4 is 0 Å². The highest BCUT2D eigenvalue weighted by molar-refractivity contribution is 6.12. The molecular weight excluding hydrogens is 697 g/mol. The standard InChI is InChI=1S/C51H32N6/c1-2-16-34(17-3-1)55-42-24-10-8-22-39(42)41-32-33(30-31-48(41)55)49-52-50(54-51(53-49)57-45-27-13-6-20-37(45)38-21-7-14-28-46(38)57)40-23-9-15-29-47(40)56-43-25-11-4-18-35(43)36-19-5-12-26-44(36)56/h1-32H. The molecule has 4 aromatic heterocycles. The summed E-state index contributed by atoms with van der Waals surface area (Å²) in [6, 6.07) is 68.4. The largest absolute Gasteiger partial charge is 0.309 e. The Labute approximate surface area is 327 Å². The maximum Gasteiger partial charge on any atom is 0.238 e. The Morgan fingerprint density at radius 2 is 0.737 bits per heavy atom. The summed E-state index contributed by atoms with van der Waals surface area (Å²) in [7, 11) is 0. The summed E-state index contributed by atoms with van der Waals surface area (Å²) in [5.74, 6) is 1.77. The molecule has 0 saturated heterocycles. The number of fused-ring (bicyclic) bond motifs is 9. The lowest BCUT2D eigenvalue weighted by molar-refractivity contribution is 0.952. The van der Waals surface area contributed by atoms with Crippen LogP contribution in [0.5, 0.6) is 0 Å². The Morgan fingerprint density at radius 3 is 1.33 bits per heavy atom. The molecule has 0 N–H and O–H groups in total. The Balaban J connectivity index is 1.15. The van der Waals surface area contributed by atoms with E-state index >= 15 is 0 Å². The zero-order valence-corrected chi connectivity index (χ0v) is 30.7. The fourth-order valence-corrected chi connectivity index (χ4v) is 8.86. The molecule has 0 saturated carbocycles. The highest BCUT2D eigenvalue weighted by Gasteiger charge is 2.22. The SMILES string of the molecule is c1ccc(-n2c3ccccc3c3cc(-c4nc(-c5ccccc5-n5c6ccccc6c6ccccc65)nc(-n5c6ccccc6c6ccccc65)n4)ccc32)cc1. The molecule has 12 aromatic rings. The van der Waals surface area contributed by atoms with E-state index in [-0.39, 0.29) is 0 Å². The minimum absolute atomic E-state index is 0.566. The van der Waals surface area contributed by atoms with Crippen molar-refractivity contribution in [3.63, 3.8) is 0 Å². The van der Waals surface area contributed by atoms with Crippen LogP contribution in [0.3, 0.4) is 0 Å². The number of hydrogen-bond donors (Lipinski definition) is 0. The first-order valence-corrected chi connectivity index (χ1v) is 19.2. The van der Waals surface area contributed by atoms with E-state index in [4.69, 9.17) is 15.0 Å². The van der Waals surface area contributed by atoms with Gasteiger partial charge in [-0.15, -0.1) is 0 Å². The molecule has 0 amide bonds. The molecule has 0 fully saturated rings. The van der Waals surface area contributed by atoms with E-state index in [1.807, 2.05) is 0 Å². The molecule has 0 aliphatic heterocycles. The van der Waals surface area contributed by atoms with Crippen LogP contribution in [0.25, 0.3) is 106 Å². The van der Waals surface area contributed by atoms with Crippen molar-refractivity contribution in [1.29, 1.82) is 0 Å². The van der Waals surface area contributed by atoms with Crippen molar-refractivity contribution in [2.75, 3.05) is 0 Å². The number of nitrogens with zero attached hydrogens (tertiary/aromatic N) is 6. The third-order valence-corrected chi connectivity index (χ3v) is 11.3. The molecule has 6 heteroatoms. The van der Waals surface area contributed by atoms with Gasteiger partial charge in [0.1, 0.15) is 0 Å². The van der Waals surface area contributed by atoms with Crippen LogP contribution in [0, 0.1) is 0 Å². The van der Waals surface area contributed by atoms with E-state index in [1.165, 1.54) is 16.2 Å². The van der Waals surface area contributed by atoms with E-state index in [9.17, 15) is 0 Å². The van der Waals surface area contributed by atoms with Gasteiger partial charge in [-0.25, -0.2) is 4.98 Å². The Kier molecular flexibility index (Phi) is 6.83. The molecule has 8 aromatic carbocycles. The van der Waals surface area contributed by atoms with Gasteiger partial charge in [-0.1, -0.05) is 121 Å². The quantitative estimate of drug-likeness (QED) is 0.177. The number of rotatable bonds is 5. The van der Waals surface area contributed by atoms with Gasteiger partial charge in [-0.2, -0.15) is 9.97 Å². The molecule has 0 atom stereocenters. The molecule has 0 aliphatic carbocycles. The molecule has 0 aliphatic rings. The maximum absolute atomic E-state index is 5.38. The van der Waals surface area contributed by atoms with Crippen LogP contribution >= 0.6 is 0 Å². The van der Waals surface area contributed by atoms with Crippen molar-refractivity contribution in [2.24, 2.45) is 0 Å². The summed E-state index contributed by atoms with van der Waals surface area (Å²) in [4.78, 5) is 16.1. The minimum atomic E-state index is 0.566. The topological polar surface area (TPSA) is 53.5 Å². The fraction of sp³-hybridized carbons (Fsp3) is 0. The van der Waals surface area contributed by atoms with Crippen LogP contribution in [0.4, 0.5) is 0 Å². The van der Waals surface area contributed by atoms with Crippen molar-refractivity contribution in [3.8, 4) is 40.1 Å². The van der Waals surface area contributed by atoms with Crippen molar-refractivity contribution >= 4 is 65.4 Å². The van der Waals surface area contributed by atoms with E-state index in [0.29, 0.717) is 17.6 Å². The lowest BCUT2D eigenvalue weighted by Crippen LogP contribution is -2.07. The summed E-state index contributed by atoms with van der Waals surface area (Å²) in [5.41, 5.74) is 10.6. The fourth-order valence-electron chi connectivity index (χ4n) is 8.86. The second kappa shape index (κ2) is 12.3. The Morgan fingerprint density at radius 1 is 0.298 bits per heavy atom. The monoisotopic (exact) mass is 728 g/mol. The highest BCUT2D eigenvalue weighted by Crippen LogP contribution is 2.38. The van der Waals surface area contributed by atoms with Crippen LogP contribution in [0.15, 0.2) is 194 Å². The van der Waals surface area contributed by atoms with Crippen LogP contribution in [0.1, 0.15) is 0 Å². The third kappa shape index (κ3) is 4.74. The summed E-state index contributed by atoms with van der Waals surface area (Å²) in [6.07, 6.45) is 0. The first-order valence-electron chi connectivity index (χ1n) is 19.2. The molecule has 0 radical (unpaired) electrons. The second-order valence-electron chi connectivity index (χ2n) is 14.5. The van der Waals surface area contributed by atoms with Gasteiger partial charge in [-0.05, 0) is 72.8 Å². The molecule has 0 spiro atoms. The Bertz CT molecular complexity index is 3430. The summed E-state index contributed by atoms with van der Waals surface area (Å²) < 4.78 is 6.86. The van der Waals surface area contributed by atoms with E-state index in [2.05, 4.69) is 208 Å². The maximum atomic E-state index is 5.38. The lowest BCUT2D eigenvalue weighted by Gasteiger charge is -2.15. The Hall–Kier alpha value is -7.83. The first kappa shape index (κ1) is 31.5. The van der Waals surface area contributed by atoms with Gasteiger partial charge in [0, 0.05) is 49.1 Å². The zero-order chi connectivity index (χ0) is 37.5. The number of benzene rings is 8. The van der Waals surface area contributed by atoms with Gasteiger partial charge in [0.2, 0.25) is 5.95 Å². The predicted molar refractivity (Wildman–Crippen MR) is 234 cm³/mol. The molecular formula is C51H32N6. The average Bonchev–Trinajstić information content (AvgIpc) is 3.92. The second-order valence-corrected chi connectivity index (χ2v) is 14.5. The first-order chi connectivity index (χ1) is 28.3. The third-order valence-electron chi connectivity index (χ3n) is 11.3. The summed E-state index contributed by atoms with van der Waals surface area (Å²) >= 11 is 0. The molecule has 12 rings (SSSR count). The summed E-state index contributed by atoms with van der Waals surface area (Å²) in [5, 5.41) is 7.01. The number of para-hydroxylation sites is 7. The predicted octanol–water partition coefficient (Wildman–Crippen LogP) is 12.5. The number of hydrogen-bond acceptors (Lipinski definition) is 3. The smallest absolute Gasteiger partial charge is 0.238 e. The number of aromatic nitrogens is 6. The van der Waals surface area contributed by atoms with Crippen molar-refractivity contribution < 1.29 is 0 Å². The molecule has 0 bridgehead atoms. The minimum Gasteiger partial charge on any atom is -0.309 e. The molecule has 6 nitrogen and oxygen atoms in total. The lowest BCUT2D eigenvalue weighted by atomic mass is 10.1. The van der Waals surface area contributed by atoms with Crippen LogP contribution in [-0.4, -0.2) is 28.7 Å². The van der Waals surface area contributed by atoms with Crippen LogP contribution in [-0.2, 0) is 0 Å². The van der Waals surface area contributed by atoms with Gasteiger partial charge in [0.25, 0.3) is 0 Å². The van der Waals surface area contributed by atoms with Gasteiger partial charge < -0.3 is 9.13 Å². The van der Waals surface area contributed by atoms with E-state index in [1.54, 1.807) is 0 Å². The van der Waals surface area contributed by atoms with Gasteiger partial charge in [-0.3, -0.25) is 4.57 Å². The van der Waals surface area contributed by atoms with Crippen LogP contribution in [0.2, 0.25) is 0 Å². The molecule has 266 valence electrons. The summed E-state index contributed by atoms with van der Waals surface area (Å²) in [6.45, 7) is 0. The van der Waals surface area contributed by atoms with Crippen molar-refractivity contribution in [2.45, 2.75) is 0 Å². The highest BCUT2D eigenvalue weighted by atomic mass is 15.2. The molecule has 4 heterocycles. The average molecular weight is 729 g/mol. The van der Waals surface area contributed by atoms with Crippen molar-refractivity contribution in [3.05, 3.63) is 194 Å². The molecule has 57 heavy (non-hydrogen) atoms. The van der Waals surface area contributed by atoms with E-state index < -0.39 is 0 Å². The van der Waals surface area contributed by atoms with E-state index in [0.717, 1.165) is 71.8 Å². The van der Waals surface area contributed by atoms with Crippen molar-refractivity contribution in [1.82, 2.24) is 28.7 Å². The van der Waals surface area contributed by atoms with Gasteiger partial charge in [0.15, 0.2) is 11.6 Å². The van der Waals surface area contributed by atoms with Gasteiger partial charge in [0.05, 0.1) is 38.8 Å². The normalized spacial score (nSPS) is 11.9.